The SMILES string of the molecule is Cc1ccc(-c2ccc(N3CCN(C(=O)Nc4ccc(C)c(F)c4)CC3)nn2)cc1. The van der Waals surface area contributed by atoms with Crippen LogP contribution in [0.2, 0.25) is 0 Å². The Labute approximate surface area is 175 Å². The second-order valence-corrected chi connectivity index (χ2v) is 7.51. The lowest BCUT2D eigenvalue weighted by molar-refractivity contribution is 0.208. The molecule has 154 valence electrons. The zero-order valence-corrected chi connectivity index (χ0v) is 17.1. The summed E-state index contributed by atoms with van der Waals surface area (Å²) in [5.41, 5.74) is 4.09. The second kappa shape index (κ2) is 8.49. The summed E-state index contributed by atoms with van der Waals surface area (Å²) in [4.78, 5) is 16.3. The van der Waals surface area contributed by atoms with Crippen molar-refractivity contribution in [2.24, 2.45) is 0 Å². The molecule has 0 unspecified atom stereocenters. The monoisotopic (exact) mass is 405 g/mol. The van der Waals surface area contributed by atoms with Crippen LogP contribution in [0.25, 0.3) is 11.3 Å². The zero-order valence-electron chi connectivity index (χ0n) is 17.1. The number of urea groups is 1. The van der Waals surface area contributed by atoms with E-state index in [9.17, 15) is 9.18 Å². The molecule has 0 bridgehead atoms. The highest BCUT2D eigenvalue weighted by atomic mass is 19.1. The highest BCUT2D eigenvalue weighted by Gasteiger charge is 2.22. The molecule has 0 atom stereocenters. The molecular weight excluding hydrogens is 381 g/mol. The predicted octanol–water partition coefficient (Wildman–Crippen LogP) is 4.25. The summed E-state index contributed by atoms with van der Waals surface area (Å²) >= 11 is 0. The van der Waals surface area contributed by atoms with E-state index in [0.29, 0.717) is 37.4 Å². The molecule has 2 aromatic carbocycles. The van der Waals surface area contributed by atoms with Gasteiger partial charge in [-0.05, 0) is 43.7 Å². The summed E-state index contributed by atoms with van der Waals surface area (Å²) in [5, 5.41) is 11.5. The van der Waals surface area contributed by atoms with Gasteiger partial charge in [0.25, 0.3) is 0 Å². The van der Waals surface area contributed by atoms with Gasteiger partial charge in [0.2, 0.25) is 0 Å². The van der Waals surface area contributed by atoms with Crippen molar-refractivity contribution in [1.29, 1.82) is 0 Å². The quantitative estimate of drug-likeness (QED) is 0.708. The van der Waals surface area contributed by atoms with Crippen LogP contribution in [0.5, 0.6) is 0 Å². The average Bonchev–Trinajstić information content (AvgIpc) is 2.77. The molecule has 3 aromatic rings. The number of nitrogens with one attached hydrogen (secondary N) is 1. The summed E-state index contributed by atoms with van der Waals surface area (Å²) in [6.07, 6.45) is 0. The number of anilines is 2. The molecule has 1 aliphatic rings. The van der Waals surface area contributed by atoms with Gasteiger partial charge in [-0.3, -0.25) is 0 Å². The van der Waals surface area contributed by atoms with E-state index in [4.69, 9.17) is 0 Å². The number of halogens is 1. The van der Waals surface area contributed by atoms with E-state index in [2.05, 4.69) is 39.5 Å². The Morgan fingerprint density at radius 1 is 0.933 bits per heavy atom. The first-order valence-corrected chi connectivity index (χ1v) is 9.97. The van der Waals surface area contributed by atoms with Crippen LogP contribution in [0.1, 0.15) is 11.1 Å². The molecule has 0 saturated carbocycles. The molecule has 6 nitrogen and oxygen atoms in total. The highest BCUT2D eigenvalue weighted by molar-refractivity contribution is 5.89. The third-order valence-electron chi connectivity index (χ3n) is 5.31. The van der Waals surface area contributed by atoms with Crippen molar-refractivity contribution in [1.82, 2.24) is 15.1 Å². The Kier molecular flexibility index (Phi) is 5.61. The third-order valence-corrected chi connectivity index (χ3v) is 5.31. The minimum atomic E-state index is -0.328. The Bertz CT molecular complexity index is 1030. The minimum absolute atomic E-state index is 0.223. The van der Waals surface area contributed by atoms with Gasteiger partial charge in [0.15, 0.2) is 5.82 Å². The summed E-state index contributed by atoms with van der Waals surface area (Å²) in [6.45, 7) is 6.18. The lowest BCUT2D eigenvalue weighted by atomic mass is 10.1. The number of aromatic nitrogens is 2. The fraction of sp³-hybridized carbons (Fsp3) is 0.261. The van der Waals surface area contributed by atoms with Gasteiger partial charge in [0, 0.05) is 37.4 Å². The van der Waals surface area contributed by atoms with Crippen LogP contribution < -0.4 is 10.2 Å². The predicted molar refractivity (Wildman–Crippen MR) is 116 cm³/mol. The Balaban J connectivity index is 1.34. The van der Waals surface area contributed by atoms with Crippen molar-refractivity contribution in [3.63, 3.8) is 0 Å². The first-order chi connectivity index (χ1) is 14.5. The lowest BCUT2D eigenvalue weighted by Crippen LogP contribution is -2.50. The van der Waals surface area contributed by atoms with Crippen LogP contribution >= 0.6 is 0 Å². The van der Waals surface area contributed by atoms with E-state index < -0.39 is 0 Å². The van der Waals surface area contributed by atoms with Gasteiger partial charge >= 0.3 is 6.03 Å². The zero-order chi connectivity index (χ0) is 21.1. The van der Waals surface area contributed by atoms with Crippen molar-refractivity contribution >= 4 is 17.5 Å². The maximum absolute atomic E-state index is 13.7. The van der Waals surface area contributed by atoms with Crippen molar-refractivity contribution in [2.75, 3.05) is 36.4 Å². The van der Waals surface area contributed by atoms with Gasteiger partial charge in [-0.1, -0.05) is 35.9 Å². The summed E-state index contributed by atoms with van der Waals surface area (Å²) < 4.78 is 13.7. The summed E-state index contributed by atoms with van der Waals surface area (Å²) in [6, 6.07) is 16.6. The van der Waals surface area contributed by atoms with E-state index in [1.165, 1.54) is 11.6 Å². The number of piperazine rings is 1. The number of hydrogen-bond donors (Lipinski definition) is 1. The molecule has 0 aliphatic carbocycles. The molecule has 7 heteroatoms. The first-order valence-electron chi connectivity index (χ1n) is 9.97. The number of aryl methyl sites for hydroxylation is 2. The number of hydrogen-bond acceptors (Lipinski definition) is 4. The minimum Gasteiger partial charge on any atom is -0.352 e. The van der Waals surface area contributed by atoms with Gasteiger partial charge in [-0.25, -0.2) is 9.18 Å². The maximum atomic E-state index is 13.7. The normalized spacial score (nSPS) is 14.0. The van der Waals surface area contributed by atoms with Gasteiger partial charge in [0.05, 0.1) is 5.69 Å². The molecular formula is C23H24FN5O. The lowest BCUT2D eigenvalue weighted by Gasteiger charge is -2.35. The second-order valence-electron chi connectivity index (χ2n) is 7.51. The van der Waals surface area contributed by atoms with Crippen LogP contribution in [0.15, 0.2) is 54.6 Å². The van der Waals surface area contributed by atoms with Gasteiger partial charge < -0.3 is 15.1 Å². The first kappa shape index (κ1) is 19.8. The molecule has 4 rings (SSSR count). The van der Waals surface area contributed by atoms with Crippen molar-refractivity contribution in [3.05, 3.63) is 71.5 Å². The Hall–Kier alpha value is -3.48. The molecule has 1 aliphatic heterocycles. The maximum Gasteiger partial charge on any atom is 0.321 e. The van der Waals surface area contributed by atoms with E-state index in [1.54, 1.807) is 24.0 Å². The smallest absolute Gasteiger partial charge is 0.321 e. The van der Waals surface area contributed by atoms with Crippen LogP contribution in [0.3, 0.4) is 0 Å². The van der Waals surface area contributed by atoms with Crippen LogP contribution in [-0.2, 0) is 0 Å². The number of benzene rings is 2. The number of rotatable bonds is 3. The molecule has 1 saturated heterocycles. The molecule has 0 radical (unpaired) electrons. The van der Waals surface area contributed by atoms with Gasteiger partial charge in [0.1, 0.15) is 5.82 Å². The number of carbonyl (C=O) groups is 1. The highest BCUT2D eigenvalue weighted by Crippen LogP contribution is 2.20. The molecule has 1 N–H and O–H groups in total. The van der Waals surface area contributed by atoms with E-state index >= 15 is 0 Å². The average molecular weight is 405 g/mol. The molecule has 30 heavy (non-hydrogen) atoms. The van der Waals surface area contributed by atoms with Crippen molar-refractivity contribution in [2.45, 2.75) is 13.8 Å². The standard InChI is InChI=1S/C23H24FN5O/c1-16-3-6-18(7-4-16)21-9-10-22(27-26-21)28-11-13-29(14-12-28)23(30)25-19-8-5-17(2)20(24)15-19/h3-10,15H,11-14H2,1-2H3,(H,25,30). The Morgan fingerprint density at radius 2 is 1.67 bits per heavy atom. The van der Waals surface area contributed by atoms with Crippen LogP contribution in [0.4, 0.5) is 20.7 Å². The topological polar surface area (TPSA) is 61.4 Å². The number of amides is 2. The summed E-state index contributed by atoms with van der Waals surface area (Å²) in [7, 11) is 0. The molecule has 1 aromatic heterocycles. The number of nitrogens with zero attached hydrogens (tertiary/aromatic N) is 4. The van der Waals surface area contributed by atoms with Crippen molar-refractivity contribution < 1.29 is 9.18 Å². The van der Waals surface area contributed by atoms with E-state index in [1.807, 2.05) is 24.3 Å². The fourth-order valence-corrected chi connectivity index (χ4v) is 3.38. The van der Waals surface area contributed by atoms with E-state index in [-0.39, 0.29) is 11.8 Å². The number of carbonyl (C=O) groups excluding carboxylic acids is 1. The van der Waals surface area contributed by atoms with Crippen LogP contribution in [0, 0.1) is 19.7 Å². The van der Waals surface area contributed by atoms with Crippen LogP contribution in [-0.4, -0.2) is 47.3 Å². The van der Waals surface area contributed by atoms with E-state index in [0.717, 1.165) is 17.1 Å². The molecule has 2 amide bonds. The molecule has 2 heterocycles. The summed E-state index contributed by atoms with van der Waals surface area (Å²) in [5.74, 6) is 0.469. The van der Waals surface area contributed by atoms with Crippen molar-refractivity contribution in [3.8, 4) is 11.3 Å². The molecule has 0 spiro atoms. The van der Waals surface area contributed by atoms with Gasteiger partial charge in [-0.15, -0.1) is 10.2 Å². The third kappa shape index (κ3) is 4.40. The van der Waals surface area contributed by atoms with Gasteiger partial charge in [-0.2, -0.15) is 0 Å². The largest absolute Gasteiger partial charge is 0.352 e. The Morgan fingerprint density at radius 3 is 2.30 bits per heavy atom. The fourth-order valence-electron chi connectivity index (χ4n) is 3.38. The molecule has 1 fully saturated rings.